The number of hydrogen-bond acceptors (Lipinski definition) is 6. The van der Waals surface area contributed by atoms with Crippen molar-refractivity contribution >= 4 is 22.4 Å². The highest BCUT2D eigenvalue weighted by Gasteiger charge is 2.23. The number of nitriles is 1. The molecule has 1 fully saturated rings. The molecule has 16 heavy (non-hydrogen) atoms. The third-order valence-corrected chi connectivity index (χ3v) is 3.80. The Bertz CT molecular complexity index is 403. The molecule has 1 aliphatic rings. The molecule has 0 unspecified atom stereocenters. The Morgan fingerprint density at radius 3 is 2.81 bits per heavy atom. The molecule has 5 nitrogen and oxygen atoms in total. The molecule has 1 aromatic heterocycles. The second-order valence-corrected chi connectivity index (χ2v) is 4.53. The maximum Gasteiger partial charge on any atom is 0.157 e. The predicted octanol–water partition coefficient (Wildman–Crippen LogP) is 1.21. The van der Waals surface area contributed by atoms with Crippen molar-refractivity contribution in [2.45, 2.75) is 18.9 Å². The van der Waals surface area contributed by atoms with Crippen LogP contribution in [0.2, 0.25) is 0 Å². The summed E-state index contributed by atoms with van der Waals surface area (Å²) >= 11 is 1.30. The Kier molecular flexibility index (Phi) is 3.27. The van der Waals surface area contributed by atoms with E-state index in [4.69, 9.17) is 15.7 Å². The lowest BCUT2D eigenvalue weighted by molar-refractivity contribution is 0.0820. The van der Waals surface area contributed by atoms with Gasteiger partial charge in [-0.05, 0) is 24.4 Å². The van der Waals surface area contributed by atoms with Crippen molar-refractivity contribution in [3.05, 3.63) is 5.56 Å². The maximum absolute atomic E-state index is 9.00. The van der Waals surface area contributed by atoms with E-state index in [1.807, 2.05) is 0 Å². The van der Waals surface area contributed by atoms with Crippen molar-refractivity contribution in [3.63, 3.8) is 0 Å². The summed E-state index contributed by atoms with van der Waals surface area (Å²) in [7, 11) is 1.74. The number of nitrogen functional groups attached to an aromatic ring is 1. The van der Waals surface area contributed by atoms with E-state index in [1.54, 1.807) is 7.11 Å². The van der Waals surface area contributed by atoms with Gasteiger partial charge in [0.05, 0.1) is 6.10 Å². The third-order valence-electron chi connectivity index (χ3n) is 2.87. The number of ether oxygens (including phenoxy) is 1. The fourth-order valence-corrected chi connectivity index (χ4v) is 2.72. The molecule has 0 spiro atoms. The molecule has 2 heterocycles. The minimum atomic E-state index is 0.340. The van der Waals surface area contributed by atoms with Gasteiger partial charge in [-0.25, -0.2) is 0 Å². The van der Waals surface area contributed by atoms with Crippen LogP contribution in [-0.4, -0.2) is 30.7 Å². The molecular weight excluding hydrogens is 224 g/mol. The van der Waals surface area contributed by atoms with Crippen molar-refractivity contribution in [1.82, 2.24) is 4.37 Å². The first-order valence-corrected chi connectivity index (χ1v) is 5.96. The molecule has 0 radical (unpaired) electrons. The van der Waals surface area contributed by atoms with Crippen molar-refractivity contribution in [2.75, 3.05) is 30.8 Å². The molecule has 0 aliphatic carbocycles. The van der Waals surface area contributed by atoms with E-state index in [-0.39, 0.29) is 0 Å². The van der Waals surface area contributed by atoms with E-state index in [9.17, 15) is 0 Å². The average molecular weight is 238 g/mol. The van der Waals surface area contributed by atoms with E-state index in [1.165, 1.54) is 11.5 Å². The number of piperidine rings is 1. The quantitative estimate of drug-likeness (QED) is 0.838. The zero-order valence-electron chi connectivity index (χ0n) is 9.14. The van der Waals surface area contributed by atoms with E-state index in [2.05, 4.69) is 15.3 Å². The fourth-order valence-electron chi connectivity index (χ4n) is 1.91. The number of aromatic nitrogens is 1. The zero-order chi connectivity index (χ0) is 11.5. The molecule has 1 saturated heterocycles. The lowest BCUT2D eigenvalue weighted by Crippen LogP contribution is -2.36. The van der Waals surface area contributed by atoms with Crippen LogP contribution in [0.1, 0.15) is 18.4 Å². The van der Waals surface area contributed by atoms with Gasteiger partial charge < -0.3 is 15.4 Å². The molecule has 0 amide bonds. The maximum atomic E-state index is 9.00. The van der Waals surface area contributed by atoms with Gasteiger partial charge in [0.25, 0.3) is 0 Å². The Morgan fingerprint density at radius 2 is 2.25 bits per heavy atom. The van der Waals surface area contributed by atoms with E-state index >= 15 is 0 Å². The van der Waals surface area contributed by atoms with Crippen LogP contribution >= 0.6 is 11.5 Å². The third kappa shape index (κ3) is 1.96. The molecule has 1 aliphatic heterocycles. The van der Waals surface area contributed by atoms with Gasteiger partial charge in [-0.1, -0.05) is 0 Å². The number of nitrogens with two attached hydrogens (primary N) is 1. The summed E-state index contributed by atoms with van der Waals surface area (Å²) in [5.41, 5.74) is 6.15. The summed E-state index contributed by atoms with van der Waals surface area (Å²) in [6, 6.07) is 2.12. The first-order valence-electron chi connectivity index (χ1n) is 5.19. The van der Waals surface area contributed by atoms with Crippen molar-refractivity contribution in [3.8, 4) is 6.07 Å². The lowest BCUT2D eigenvalue weighted by Gasteiger charge is -2.31. The van der Waals surface area contributed by atoms with Gasteiger partial charge in [0, 0.05) is 20.2 Å². The Balaban J connectivity index is 2.12. The molecule has 0 saturated carbocycles. The summed E-state index contributed by atoms with van der Waals surface area (Å²) in [5.74, 6) is 0.344. The Morgan fingerprint density at radius 1 is 1.56 bits per heavy atom. The fraction of sp³-hybridized carbons (Fsp3) is 0.600. The number of nitrogens with zero attached hydrogens (tertiary/aromatic N) is 3. The molecule has 1 aromatic rings. The second kappa shape index (κ2) is 4.68. The van der Waals surface area contributed by atoms with Crippen LogP contribution < -0.4 is 10.6 Å². The summed E-state index contributed by atoms with van der Waals surface area (Å²) in [4.78, 5) is 2.17. The van der Waals surface area contributed by atoms with Gasteiger partial charge >= 0.3 is 0 Å². The van der Waals surface area contributed by atoms with Crippen molar-refractivity contribution in [1.29, 1.82) is 5.26 Å². The number of methoxy groups -OCH3 is 1. The number of anilines is 2. The van der Waals surface area contributed by atoms with Gasteiger partial charge in [0.1, 0.15) is 16.6 Å². The highest BCUT2D eigenvalue weighted by atomic mass is 32.1. The highest BCUT2D eigenvalue weighted by Crippen LogP contribution is 2.31. The highest BCUT2D eigenvalue weighted by molar-refractivity contribution is 7.10. The molecule has 6 heteroatoms. The Hall–Kier alpha value is -1.32. The van der Waals surface area contributed by atoms with E-state index in [0.29, 0.717) is 17.5 Å². The number of rotatable bonds is 2. The van der Waals surface area contributed by atoms with Crippen LogP contribution in [0.4, 0.5) is 10.8 Å². The molecule has 2 rings (SSSR count). The molecule has 86 valence electrons. The van der Waals surface area contributed by atoms with Gasteiger partial charge in [-0.3, -0.25) is 0 Å². The van der Waals surface area contributed by atoms with Crippen LogP contribution in [0.3, 0.4) is 0 Å². The first kappa shape index (κ1) is 11.2. The molecule has 0 atom stereocenters. The van der Waals surface area contributed by atoms with Crippen molar-refractivity contribution < 1.29 is 4.74 Å². The topological polar surface area (TPSA) is 75.2 Å². The standard InChI is InChI=1S/C10H14N4OS/c1-15-7-2-4-14(5-3-7)10-8(6-11)9(12)13-16-10/h7H,2-5H2,1H3,(H2,12,13). The normalized spacial score (nSPS) is 17.4. The average Bonchev–Trinajstić information content (AvgIpc) is 2.70. The van der Waals surface area contributed by atoms with Crippen LogP contribution in [0.15, 0.2) is 0 Å². The molecule has 0 bridgehead atoms. The van der Waals surface area contributed by atoms with Gasteiger partial charge in [-0.2, -0.15) is 9.64 Å². The molecule has 0 aromatic carbocycles. The smallest absolute Gasteiger partial charge is 0.157 e. The van der Waals surface area contributed by atoms with Crippen LogP contribution in [-0.2, 0) is 4.74 Å². The van der Waals surface area contributed by atoms with Gasteiger partial charge in [0.15, 0.2) is 5.82 Å². The SMILES string of the molecule is COC1CCN(c2snc(N)c2C#N)CC1. The minimum Gasteiger partial charge on any atom is -0.382 e. The summed E-state index contributed by atoms with van der Waals surface area (Å²) in [6.07, 6.45) is 2.31. The minimum absolute atomic E-state index is 0.340. The summed E-state index contributed by atoms with van der Waals surface area (Å²) in [6.45, 7) is 1.80. The lowest BCUT2D eigenvalue weighted by atomic mass is 10.1. The predicted molar refractivity (Wildman–Crippen MR) is 63.5 cm³/mol. The largest absolute Gasteiger partial charge is 0.382 e. The van der Waals surface area contributed by atoms with Crippen LogP contribution in [0, 0.1) is 11.3 Å². The van der Waals surface area contributed by atoms with Gasteiger partial charge in [-0.15, -0.1) is 0 Å². The molecular formula is C10H14N4OS. The van der Waals surface area contributed by atoms with Gasteiger partial charge in [0.2, 0.25) is 0 Å². The van der Waals surface area contributed by atoms with Crippen molar-refractivity contribution in [2.24, 2.45) is 0 Å². The summed E-state index contributed by atoms with van der Waals surface area (Å²) < 4.78 is 9.33. The second-order valence-electron chi connectivity index (χ2n) is 3.78. The molecule has 2 N–H and O–H groups in total. The Labute approximate surface area is 98.6 Å². The van der Waals surface area contributed by atoms with Crippen LogP contribution in [0.5, 0.6) is 0 Å². The van der Waals surface area contributed by atoms with E-state index < -0.39 is 0 Å². The van der Waals surface area contributed by atoms with E-state index in [0.717, 1.165) is 30.9 Å². The number of hydrogen-bond donors (Lipinski definition) is 1. The zero-order valence-corrected chi connectivity index (χ0v) is 9.96. The van der Waals surface area contributed by atoms with Crippen LogP contribution in [0.25, 0.3) is 0 Å². The summed E-state index contributed by atoms with van der Waals surface area (Å²) in [5, 5.41) is 9.90. The first-order chi connectivity index (χ1) is 7.76. The monoisotopic (exact) mass is 238 g/mol.